The van der Waals surface area contributed by atoms with E-state index in [0.29, 0.717) is 0 Å². The van der Waals surface area contributed by atoms with Gasteiger partial charge in [-0.1, -0.05) is 30.3 Å². The minimum Gasteiger partial charge on any atom is -0.339 e. The molecule has 0 N–H and O–H groups in total. The van der Waals surface area contributed by atoms with E-state index < -0.39 is 6.04 Å². The highest BCUT2D eigenvalue weighted by Gasteiger charge is 2.29. The minimum atomic E-state index is -0.478. The van der Waals surface area contributed by atoms with Gasteiger partial charge in [-0.25, -0.2) is 4.68 Å². The maximum absolute atomic E-state index is 12.8. The molecule has 1 aromatic heterocycles. The smallest absolute Gasteiger partial charge is 0.252 e. The number of benzene rings is 1. The van der Waals surface area contributed by atoms with Crippen molar-refractivity contribution in [3.8, 4) is 0 Å². The van der Waals surface area contributed by atoms with Crippen molar-refractivity contribution in [1.29, 1.82) is 0 Å². The first kappa shape index (κ1) is 13.1. The van der Waals surface area contributed by atoms with E-state index in [2.05, 4.69) is 15.5 Å². The van der Waals surface area contributed by atoms with Gasteiger partial charge in [-0.2, -0.15) is 11.8 Å². The zero-order chi connectivity index (χ0) is 13.8. The number of nitrogens with zero attached hydrogens (tertiary/aromatic N) is 5. The van der Waals surface area contributed by atoms with Crippen LogP contribution in [0.25, 0.3) is 0 Å². The van der Waals surface area contributed by atoms with Crippen molar-refractivity contribution in [3.63, 3.8) is 0 Å². The fourth-order valence-electron chi connectivity index (χ4n) is 2.29. The second kappa shape index (κ2) is 6.04. The van der Waals surface area contributed by atoms with Crippen LogP contribution in [0.3, 0.4) is 0 Å². The van der Waals surface area contributed by atoms with Crippen molar-refractivity contribution < 1.29 is 4.79 Å². The molecule has 20 heavy (non-hydrogen) atoms. The highest BCUT2D eigenvalue weighted by Crippen LogP contribution is 2.21. The average molecular weight is 289 g/mol. The van der Waals surface area contributed by atoms with Crippen molar-refractivity contribution in [3.05, 3.63) is 42.2 Å². The van der Waals surface area contributed by atoms with Crippen LogP contribution in [0.1, 0.15) is 11.6 Å². The van der Waals surface area contributed by atoms with Gasteiger partial charge in [0.05, 0.1) is 0 Å². The topological polar surface area (TPSA) is 63.9 Å². The van der Waals surface area contributed by atoms with Gasteiger partial charge in [0.15, 0.2) is 6.04 Å². The second-order valence-corrected chi connectivity index (χ2v) is 5.77. The summed E-state index contributed by atoms with van der Waals surface area (Å²) >= 11 is 1.88. The lowest BCUT2D eigenvalue weighted by Crippen LogP contribution is -2.42. The molecule has 3 rings (SSSR count). The van der Waals surface area contributed by atoms with Crippen LogP contribution in [0.2, 0.25) is 0 Å². The lowest BCUT2D eigenvalue weighted by Gasteiger charge is -2.30. The van der Waals surface area contributed by atoms with Crippen LogP contribution >= 0.6 is 11.8 Å². The first-order chi connectivity index (χ1) is 9.86. The SMILES string of the molecule is O=C(C(c1ccccc1)n1cnnn1)N1CCSCC1. The molecule has 1 aliphatic heterocycles. The summed E-state index contributed by atoms with van der Waals surface area (Å²) in [5.74, 6) is 2.04. The predicted molar refractivity (Wildman–Crippen MR) is 76.3 cm³/mol. The summed E-state index contributed by atoms with van der Waals surface area (Å²) in [5, 5.41) is 11.2. The standard InChI is InChI=1S/C13H15N5OS/c19-13(17-6-8-20-9-7-17)12(18-10-14-15-16-18)11-4-2-1-3-5-11/h1-5,10,12H,6-9H2. The molecule has 0 saturated carbocycles. The molecule has 0 spiro atoms. The molecule has 2 aromatic rings. The third kappa shape index (κ3) is 2.67. The molecule has 1 aliphatic rings. The quantitative estimate of drug-likeness (QED) is 0.838. The Bertz CT molecular complexity index is 553. The Kier molecular flexibility index (Phi) is 3.96. The number of amides is 1. The summed E-state index contributed by atoms with van der Waals surface area (Å²) in [7, 11) is 0. The summed E-state index contributed by atoms with van der Waals surface area (Å²) in [6.07, 6.45) is 1.49. The zero-order valence-corrected chi connectivity index (χ0v) is 11.7. The van der Waals surface area contributed by atoms with E-state index in [1.54, 1.807) is 0 Å². The van der Waals surface area contributed by atoms with Crippen LogP contribution in [0.4, 0.5) is 0 Å². The summed E-state index contributed by atoms with van der Waals surface area (Å²) in [6.45, 7) is 1.57. The molecule has 1 aromatic carbocycles. The van der Waals surface area contributed by atoms with Crippen LogP contribution in [-0.2, 0) is 4.79 Å². The molecule has 7 heteroatoms. The number of rotatable bonds is 3. The van der Waals surface area contributed by atoms with E-state index in [9.17, 15) is 4.79 Å². The Morgan fingerprint density at radius 1 is 1.20 bits per heavy atom. The normalized spacial score (nSPS) is 16.9. The molecule has 2 heterocycles. The van der Waals surface area contributed by atoms with Crippen LogP contribution in [0, 0.1) is 0 Å². The lowest BCUT2D eigenvalue weighted by molar-refractivity contribution is -0.133. The van der Waals surface area contributed by atoms with Crippen molar-refractivity contribution in [1.82, 2.24) is 25.1 Å². The fraction of sp³-hybridized carbons (Fsp3) is 0.385. The molecule has 0 bridgehead atoms. The Morgan fingerprint density at radius 3 is 2.60 bits per heavy atom. The molecule has 1 saturated heterocycles. The van der Waals surface area contributed by atoms with Gasteiger partial charge in [0, 0.05) is 24.6 Å². The van der Waals surface area contributed by atoms with Crippen molar-refractivity contribution in [2.24, 2.45) is 0 Å². The molecule has 104 valence electrons. The van der Waals surface area contributed by atoms with Gasteiger partial charge in [0.25, 0.3) is 5.91 Å². The highest BCUT2D eigenvalue weighted by molar-refractivity contribution is 7.99. The molecule has 0 aliphatic carbocycles. The van der Waals surface area contributed by atoms with Gasteiger partial charge in [-0.05, 0) is 16.0 Å². The fourth-order valence-corrected chi connectivity index (χ4v) is 3.19. The number of carbonyl (C=O) groups is 1. The van der Waals surface area contributed by atoms with E-state index >= 15 is 0 Å². The van der Waals surface area contributed by atoms with Crippen LogP contribution in [-0.4, -0.2) is 55.6 Å². The zero-order valence-electron chi connectivity index (χ0n) is 10.9. The molecule has 1 amide bonds. The van der Waals surface area contributed by atoms with E-state index in [4.69, 9.17) is 0 Å². The molecule has 0 radical (unpaired) electrons. The lowest BCUT2D eigenvalue weighted by atomic mass is 10.1. The number of aromatic nitrogens is 4. The highest BCUT2D eigenvalue weighted by atomic mass is 32.2. The van der Waals surface area contributed by atoms with E-state index in [1.165, 1.54) is 11.0 Å². The first-order valence-electron chi connectivity index (χ1n) is 6.50. The van der Waals surface area contributed by atoms with Crippen molar-refractivity contribution in [2.45, 2.75) is 6.04 Å². The molecule has 1 fully saturated rings. The number of thioether (sulfide) groups is 1. The monoisotopic (exact) mass is 289 g/mol. The molecular weight excluding hydrogens is 274 g/mol. The summed E-state index contributed by atoms with van der Waals surface area (Å²) in [6, 6.07) is 9.17. The molecule has 6 nitrogen and oxygen atoms in total. The second-order valence-electron chi connectivity index (χ2n) is 4.54. The number of hydrogen-bond donors (Lipinski definition) is 0. The summed E-state index contributed by atoms with van der Waals surface area (Å²) in [5.41, 5.74) is 0.906. The van der Waals surface area contributed by atoms with Crippen LogP contribution in [0.15, 0.2) is 36.7 Å². The van der Waals surface area contributed by atoms with Gasteiger partial charge in [0.2, 0.25) is 0 Å². The number of tetrazole rings is 1. The van der Waals surface area contributed by atoms with Gasteiger partial charge < -0.3 is 4.90 Å². The van der Waals surface area contributed by atoms with E-state index in [1.807, 2.05) is 47.0 Å². The first-order valence-corrected chi connectivity index (χ1v) is 7.65. The van der Waals surface area contributed by atoms with Crippen LogP contribution < -0.4 is 0 Å². The van der Waals surface area contributed by atoms with Crippen molar-refractivity contribution >= 4 is 17.7 Å². The van der Waals surface area contributed by atoms with Gasteiger partial charge in [0.1, 0.15) is 6.33 Å². The van der Waals surface area contributed by atoms with E-state index in [0.717, 1.165) is 30.2 Å². The molecular formula is C13H15N5OS. The largest absolute Gasteiger partial charge is 0.339 e. The summed E-state index contributed by atoms with van der Waals surface area (Å²) in [4.78, 5) is 14.7. The Labute approximate surface area is 121 Å². The maximum Gasteiger partial charge on any atom is 0.252 e. The van der Waals surface area contributed by atoms with Crippen molar-refractivity contribution in [2.75, 3.05) is 24.6 Å². The Balaban J connectivity index is 1.91. The Hall–Kier alpha value is -1.89. The Morgan fingerprint density at radius 2 is 1.95 bits per heavy atom. The average Bonchev–Trinajstić information content (AvgIpc) is 3.03. The van der Waals surface area contributed by atoms with Gasteiger partial charge in [-0.3, -0.25) is 4.79 Å². The maximum atomic E-state index is 12.8. The number of carbonyl (C=O) groups excluding carboxylic acids is 1. The molecule has 1 atom stereocenters. The third-order valence-corrected chi connectivity index (χ3v) is 4.24. The number of hydrogen-bond acceptors (Lipinski definition) is 5. The van der Waals surface area contributed by atoms with Gasteiger partial charge in [-0.15, -0.1) is 5.10 Å². The van der Waals surface area contributed by atoms with Crippen LogP contribution in [0.5, 0.6) is 0 Å². The predicted octanol–water partition coefficient (Wildman–Crippen LogP) is 0.838. The minimum absolute atomic E-state index is 0.0591. The van der Waals surface area contributed by atoms with Gasteiger partial charge >= 0.3 is 0 Å². The molecule has 1 unspecified atom stereocenters. The third-order valence-electron chi connectivity index (χ3n) is 3.30. The summed E-state index contributed by atoms with van der Waals surface area (Å²) < 4.78 is 1.53. The van der Waals surface area contributed by atoms with E-state index in [-0.39, 0.29) is 5.91 Å².